The van der Waals surface area contributed by atoms with Crippen LogP contribution < -0.4 is 5.32 Å². The fourth-order valence-electron chi connectivity index (χ4n) is 5.37. The molecule has 1 aliphatic carbocycles. The maximum atomic E-state index is 14.0. The van der Waals surface area contributed by atoms with Crippen molar-refractivity contribution in [2.75, 3.05) is 53.0 Å². The van der Waals surface area contributed by atoms with Crippen molar-refractivity contribution in [2.24, 2.45) is 4.99 Å². The van der Waals surface area contributed by atoms with Gasteiger partial charge in [0.15, 0.2) is 5.96 Å². The van der Waals surface area contributed by atoms with Gasteiger partial charge in [0.25, 0.3) is 0 Å². The molecule has 1 atom stereocenters. The minimum absolute atomic E-state index is 0. The van der Waals surface area contributed by atoms with Gasteiger partial charge in [-0.3, -0.25) is 9.89 Å². The molecule has 168 valence electrons. The van der Waals surface area contributed by atoms with Crippen molar-refractivity contribution in [1.82, 2.24) is 15.1 Å². The highest BCUT2D eigenvalue weighted by molar-refractivity contribution is 14.0. The van der Waals surface area contributed by atoms with Gasteiger partial charge in [-0.2, -0.15) is 0 Å². The Balaban J connectivity index is 0.00000256. The highest BCUT2D eigenvalue weighted by Gasteiger charge is 2.36. The fourth-order valence-corrected chi connectivity index (χ4v) is 5.37. The lowest BCUT2D eigenvalue weighted by molar-refractivity contribution is 0.0194. The Morgan fingerprint density at radius 3 is 2.67 bits per heavy atom. The predicted molar refractivity (Wildman–Crippen MR) is 130 cm³/mol. The summed E-state index contributed by atoms with van der Waals surface area (Å²) in [5.74, 6) is 0.854. The first-order chi connectivity index (χ1) is 14.2. The number of nitrogens with one attached hydrogen (secondary N) is 1. The fraction of sp³-hybridized carbons (Fsp3) is 0.696. The van der Waals surface area contributed by atoms with Crippen LogP contribution >= 0.6 is 24.0 Å². The second-order valence-electron chi connectivity index (χ2n) is 8.79. The van der Waals surface area contributed by atoms with E-state index in [0.717, 1.165) is 70.3 Å². The average molecular weight is 530 g/mol. The number of morpholine rings is 1. The van der Waals surface area contributed by atoms with E-state index >= 15 is 0 Å². The number of hydrogen-bond donors (Lipinski definition) is 1. The van der Waals surface area contributed by atoms with Crippen molar-refractivity contribution in [3.8, 4) is 0 Å². The van der Waals surface area contributed by atoms with Gasteiger partial charge in [-0.05, 0) is 37.0 Å². The van der Waals surface area contributed by atoms with Crippen molar-refractivity contribution in [1.29, 1.82) is 0 Å². The molecule has 1 aromatic carbocycles. The molecule has 2 heterocycles. The Labute approximate surface area is 197 Å². The Hall–Kier alpha value is -0.930. The van der Waals surface area contributed by atoms with E-state index in [1.54, 1.807) is 12.1 Å². The van der Waals surface area contributed by atoms with Crippen LogP contribution in [0.3, 0.4) is 0 Å². The molecule has 3 aliphatic rings. The van der Waals surface area contributed by atoms with Crippen LogP contribution in [0.15, 0.2) is 29.3 Å². The van der Waals surface area contributed by atoms with Crippen LogP contribution in [0.4, 0.5) is 4.39 Å². The number of likely N-dealkylation sites (tertiary alicyclic amines) is 1. The Bertz CT molecular complexity index is 704. The van der Waals surface area contributed by atoms with E-state index < -0.39 is 0 Å². The molecule has 0 aromatic heterocycles. The van der Waals surface area contributed by atoms with E-state index in [4.69, 9.17) is 4.74 Å². The first-order valence-electron chi connectivity index (χ1n) is 11.2. The highest BCUT2D eigenvalue weighted by atomic mass is 127. The zero-order valence-electron chi connectivity index (χ0n) is 18.1. The summed E-state index contributed by atoms with van der Waals surface area (Å²) in [4.78, 5) is 9.54. The van der Waals surface area contributed by atoms with Crippen LogP contribution in [-0.4, -0.2) is 74.8 Å². The molecule has 1 N–H and O–H groups in total. The summed E-state index contributed by atoms with van der Waals surface area (Å²) in [6.45, 7) is 6.64. The van der Waals surface area contributed by atoms with Crippen molar-refractivity contribution < 1.29 is 9.13 Å². The van der Waals surface area contributed by atoms with E-state index in [1.165, 1.54) is 25.7 Å². The summed E-state index contributed by atoms with van der Waals surface area (Å²) >= 11 is 0. The van der Waals surface area contributed by atoms with E-state index in [9.17, 15) is 4.39 Å². The second kappa shape index (κ2) is 11.1. The quantitative estimate of drug-likeness (QED) is 0.367. The minimum atomic E-state index is -0.135. The number of nitrogens with zero attached hydrogens (tertiary/aromatic N) is 3. The molecule has 2 aliphatic heterocycles. The van der Waals surface area contributed by atoms with Crippen molar-refractivity contribution in [3.63, 3.8) is 0 Å². The largest absolute Gasteiger partial charge is 0.379 e. The lowest BCUT2D eigenvalue weighted by Crippen LogP contribution is -2.49. The Kier molecular flexibility index (Phi) is 8.77. The first kappa shape index (κ1) is 23.7. The third-order valence-corrected chi connectivity index (χ3v) is 7.07. The van der Waals surface area contributed by atoms with Crippen LogP contribution in [0, 0.1) is 5.82 Å². The molecule has 3 fully saturated rings. The zero-order chi connectivity index (χ0) is 20.1. The maximum absolute atomic E-state index is 14.0. The maximum Gasteiger partial charge on any atom is 0.193 e. The molecule has 30 heavy (non-hydrogen) atoms. The van der Waals surface area contributed by atoms with E-state index in [1.807, 2.05) is 13.1 Å². The number of halogens is 2. The normalized spacial score (nSPS) is 25.1. The summed E-state index contributed by atoms with van der Waals surface area (Å²) < 4.78 is 19.5. The predicted octanol–water partition coefficient (Wildman–Crippen LogP) is 3.63. The number of guanidine groups is 1. The standard InChI is InChI=1S/C23H35FN4O.HI/c1-25-22(28-11-8-21(17-28)27-12-14-29-15-13-27)26-18-23(9-3-2-4-10-23)19-6-5-7-20(24)16-19;/h5-7,16,21H,2-4,8-15,17-18H2,1H3,(H,25,26);1H. The van der Waals surface area contributed by atoms with Crippen molar-refractivity contribution in [3.05, 3.63) is 35.6 Å². The van der Waals surface area contributed by atoms with E-state index in [2.05, 4.69) is 26.2 Å². The van der Waals surface area contributed by atoms with Gasteiger partial charge in [-0.1, -0.05) is 31.4 Å². The third kappa shape index (κ3) is 5.46. The third-order valence-electron chi connectivity index (χ3n) is 7.07. The highest BCUT2D eigenvalue weighted by Crippen LogP contribution is 2.39. The first-order valence-corrected chi connectivity index (χ1v) is 11.2. The SMILES string of the molecule is CN=C(NCC1(c2cccc(F)c2)CCCCC1)N1CCC(N2CCOCC2)C1.I. The van der Waals surface area contributed by atoms with Crippen LogP contribution in [-0.2, 0) is 10.2 Å². The summed E-state index contributed by atoms with van der Waals surface area (Å²) in [6.07, 6.45) is 7.09. The zero-order valence-corrected chi connectivity index (χ0v) is 20.4. The molecule has 2 saturated heterocycles. The van der Waals surface area contributed by atoms with Crippen LogP contribution in [0.2, 0.25) is 0 Å². The second-order valence-corrected chi connectivity index (χ2v) is 8.79. The van der Waals surface area contributed by atoms with Gasteiger partial charge in [-0.15, -0.1) is 24.0 Å². The molecule has 7 heteroatoms. The van der Waals surface area contributed by atoms with Crippen LogP contribution in [0.25, 0.3) is 0 Å². The molecule has 1 unspecified atom stereocenters. The average Bonchev–Trinajstić information content (AvgIpc) is 3.26. The van der Waals surface area contributed by atoms with Gasteiger partial charge in [0.1, 0.15) is 5.82 Å². The number of aliphatic imine (C=N–C) groups is 1. The number of hydrogen-bond acceptors (Lipinski definition) is 3. The summed E-state index contributed by atoms with van der Waals surface area (Å²) in [5.41, 5.74) is 1.13. The van der Waals surface area contributed by atoms with Crippen LogP contribution in [0.5, 0.6) is 0 Å². The summed E-state index contributed by atoms with van der Waals surface area (Å²) in [5, 5.41) is 3.67. The molecule has 5 nitrogen and oxygen atoms in total. The van der Waals surface area contributed by atoms with Gasteiger partial charge >= 0.3 is 0 Å². The smallest absolute Gasteiger partial charge is 0.193 e. The lowest BCUT2D eigenvalue weighted by Gasteiger charge is -2.39. The Morgan fingerprint density at radius 1 is 1.20 bits per heavy atom. The van der Waals surface area contributed by atoms with Crippen LogP contribution in [0.1, 0.15) is 44.1 Å². The van der Waals surface area contributed by atoms with Crippen molar-refractivity contribution in [2.45, 2.75) is 50.0 Å². The van der Waals surface area contributed by atoms with Gasteiger partial charge in [-0.25, -0.2) is 4.39 Å². The molecule has 0 bridgehead atoms. The minimum Gasteiger partial charge on any atom is -0.379 e. The van der Waals surface area contributed by atoms with Crippen molar-refractivity contribution >= 4 is 29.9 Å². The lowest BCUT2D eigenvalue weighted by atomic mass is 9.69. The molecule has 4 rings (SSSR count). The van der Waals surface area contributed by atoms with E-state index in [-0.39, 0.29) is 35.2 Å². The number of ether oxygens (including phenoxy) is 1. The molecule has 0 amide bonds. The Morgan fingerprint density at radius 2 is 1.97 bits per heavy atom. The monoisotopic (exact) mass is 530 g/mol. The van der Waals surface area contributed by atoms with Gasteiger partial charge in [0.2, 0.25) is 0 Å². The molecule has 1 saturated carbocycles. The van der Waals surface area contributed by atoms with Gasteiger partial charge < -0.3 is 15.0 Å². The molecular weight excluding hydrogens is 494 g/mol. The van der Waals surface area contributed by atoms with Gasteiger partial charge in [0, 0.05) is 51.2 Å². The summed E-state index contributed by atoms with van der Waals surface area (Å²) in [6, 6.07) is 7.82. The number of benzene rings is 1. The molecular formula is C23H36FIN4O. The van der Waals surface area contributed by atoms with Gasteiger partial charge in [0.05, 0.1) is 13.2 Å². The molecule has 1 aromatic rings. The topological polar surface area (TPSA) is 40.1 Å². The molecule has 0 spiro atoms. The molecule has 0 radical (unpaired) electrons. The summed E-state index contributed by atoms with van der Waals surface area (Å²) in [7, 11) is 1.88. The van der Waals surface area contributed by atoms with E-state index in [0.29, 0.717) is 6.04 Å². The number of rotatable bonds is 4.